The van der Waals surface area contributed by atoms with Crippen LogP contribution >= 0.6 is 0 Å². The number of amides is 2. The maximum absolute atomic E-state index is 12.0. The van der Waals surface area contributed by atoms with Gasteiger partial charge in [-0.3, -0.25) is 14.5 Å². The summed E-state index contributed by atoms with van der Waals surface area (Å²) in [5, 5.41) is 5.31. The van der Waals surface area contributed by atoms with Crippen LogP contribution in [0.1, 0.15) is 12.0 Å². The number of nitrogens with zero attached hydrogens (tertiary/aromatic N) is 2. The van der Waals surface area contributed by atoms with E-state index in [-0.39, 0.29) is 0 Å². The first-order valence-electron chi connectivity index (χ1n) is 10.3. The summed E-state index contributed by atoms with van der Waals surface area (Å²) >= 11 is 0. The smallest absolute Gasteiger partial charge is 0.313 e. The van der Waals surface area contributed by atoms with Crippen LogP contribution in [0.2, 0.25) is 0 Å². The summed E-state index contributed by atoms with van der Waals surface area (Å²) < 4.78 is 5.46. The lowest BCUT2D eigenvalue weighted by Gasteiger charge is -2.36. The molecule has 0 saturated carbocycles. The van der Waals surface area contributed by atoms with Crippen molar-refractivity contribution < 1.29 is 14.3 Å². The largest absolute Gasteiger partial charge is 0.495 e. The number of carbonyl (C=O) groups excluding carboxylic acids is 2. The SMILES string of the molecule is COc1ccccc1N1CCN(CCCNC(=O)C(=O)Nc2ccc(C)cc2)CC1. The Hall–Kier alpha value is -3.06. The number of ether oxygens (including phenoxy) is 1. The van der Waals surface area contributed by atoms with Crippen molar-refractivity contribution in [3.63, 3.8) is 0 Å². The molecule has 1 aliphatic rings. The summed E-state index contributed by atoms with van der Waals surface area (Å²) in [6.45, 7) is 7.13. The van der Waals surface area contributed by atoms with Gasteiger partial charge >= 0.3 is 11.8 Å². The second-order valence-corrected chi connectivity index (χ2v) is 7.43. The fourth-order valence-corrected chi connectivity index (χ4v) is 3.51. The summed E-state index contributed by atoms with van der Waals surface area (Å²) in [6.07, 6.45) is 0.804. The normalized spacial score (nSPS) is 14.3. The number of nitrogens with one attached hydrogen (secondary N) is 2. The number of rotatable bonds is 7. The first kappa shape index (κ1) is 21.6. The van der Waals surface area contributed by atoms with Crippen LogP contribution in [0.25, 0.3) is 0 Å². The topological polar surface area (TPSA) is 73.9 Å². The van der Waals surface area contributed by atoms with Crippen molar-refractivity contribution in [1.29, 1.82) is 0 Å². The van der Waals surface area contributed by atoms with Gasteiger partial charge in [0.1, 0.15) is 5.75 Å². The van der Waals surface area contributed by atoms with Crippen molar-refractivity contribution >= 4 is 23.2 Å². The van der Waals surface area contributed by atoms with Gasteiger partial charge in [-0.2, -0.15) is 0 Å². The van der Waals surface area contributed by atoms with E-state index in [1.165, 1.54) is 0 Å². The van der Waals surface area contributed by atoms with Crippen molar-refractivity contribution in [1.82, 2.24) is 10.2 Å². The van der Waals surface area contributed by atoms with Crippen molar-refractivity contribution in [3.05, 3.63) is 54.1 Å². The van der Waals surface area contributed by atoms with Gasteiger partial charge in [0.25, 0.3) is 0 Å². The van der Waals surface area contributed by atoms with E-state index < -0.39 is 11.8 Å². The van der Waals surface area contributed by atoms with Gasteiger partial charge in [0.05, 0.1) is 12.8 Å². The lowest BCUT2D eigenvalue weighted by molar-refractivity contribution is -0.136. The van der Waals surface area contributed by atoms with Crippen LogP contribution in [0, 0.1) is 6.92 Å². The van der Waals surface area contributed by atoms with Crippen LogP contribution < -0.4 is 20.3 Å². The zero-order valence-electron chi connectivity index (χ0n) is 17.7. The molecule has 2 amide bonds. The molecule has 1 aliphatic heterocycles. The number of methoxy groups -OCH3 is 1. The molecule has 2 aromatic rings. The van der Waals surface area contributed by atoms with E-state index in [1.807, 2.05) is 37.3 Å². The van der Waals surface area contributed by atoms with Crippen molar-refractivity contribution in [3.8, 4) is 5.75 Å². The minimum atomic E-state index is -0.635. The number of benzene rings is 2. The summed E-state index contributed by atoms with van der Waals surface area (Å²) in [6, 6.07) is 15.4. The van der Waals surface area contributed by atoms with Crippen LogP contribution in [0.4, 0.5) is 11.4 Å². The van der Waals surface area contributed by atoms with Gasteiger partial charge in [-0.05, 0) is 44.2 Å². The van der Waals surface area contributed by atoms with E-state index in [9.17, 15) is 9.59 Å². The summed E-state index contributed by atoms with van der Waals surface area (Å²) in [4.78, 5) is 28.7. The van der Waals surface area contributed by atoms with Gasteiger partial charge in [-0.1, -0.05) is 29.8 Å². The number of anilines is 2. The molecular weight excluding hydrogens is 380 g/mol. The monoisotopic (exact) mass is 410 g/mol. The van der Waals surface area contributed by atoms with E-state index in [1.54, 1.807) is 19.2 Å². The van der Waals surface area contributed by atoms with Crippen LogP contribution in [-0.4, -0.2) is 63.1 Å². The van der Waals surface area contributed by atoms with Crippen molar-refractivity contribution in [2.45, 2.75) is 13.3 Å². The Kier molecular flexibility index (Phi) is 7.68. The van der Waals surface area contributed by atoms with Crippen molar-refractivity contribution in [2.75, 3.05) is 56.6 Å². The molecule has 0 aromatic heterocycles. The third-order valence-electron chi connectivity index (χ3n) is 5.25. The molecule has 1 fully saturated rings. The van der Waals surface area contributed by atoms with Gasteiger partial charge in [0.15, 0.2) is 0 Å². The molecule has 3 rings (SSSR count). The molecule has 160 valence electrons. The molecule has 7 nitrogen and oxygen atoms in total. The molecule has 7 heteroatoms. The minimum Gasteiger partial charge on any atom is -0.495 e. The third kappa shape index (κ3) is 5.97. The van der Waals surface area contributed by atoms with Gasteiger partial charge in [0.2, 0.25) is 0 Å². The molecule has 0 atom stereocenters. The lowest BCUT2D eigenvalue weighted by Crippen LogP contribution is -2.47. The standard InChI is InChI=1S/C23H30N4O3/c1-18-8-10-19(11-9-18)25-23(29)22(28)24-12-5-13-26-14-16-27(17-15-26)20-6-3-4-7-21(20)30-2/h3-4,6-11H,5,12-17H2,1-2H3,(H,24,28)(H,25,29). The zero-order chi connectivity index (χ0) is 21.3. The molecule has 0 unspecified atom stereocenters. The molecule has 0 bridgehead atoms. The molecule has 30 heavy (non-hydrogen) atoms. The summed E-state index contributed by atoms with van der Waals surface area (Å²) in [7, 11) is 1.70. The van der Waals surface area contributed by atoms with E-state index in [0.717, 1.165) is 56.1 Å². The lowest BCUT2D eigenvalue weighted by atomic mass is 10.2. The Morgan fingerprint density at radius 2 is 1.67 bits per heavy atom. The second-order valence-electron chi connectivity index (χ2n) is 7.43. The fraction of sp³-hybridized carbons (Fsp3) is 0.391. The number of hydrogen-bond acceptors (Lipinski definition) is 5. The Balaban J connectivity index is 1.34. The number of carbonyl (C=O) groups is 2. The average Bonchev–Trinajstić information content (AvgIpc) is 2.78. The van der Waals surface area contributed by atoms with E-state index in [2.05, 4.69) is 26.5 Å². The Morgan fingerprint density at radius 1 is 0.967 bits per heavy atom. The molecule has 0 radical (unpaired) electrons. The third-order valence-corrected chi connectivity index (χ3v) is 5.25. The summed E-state index contributed by atoms with van der Waals surface area (Å²) in [5.74, 6) is -0.335. The molecule has 2 N–H and O–H groups in total. The van der Waals surface area contributed by atoms with Gasteiger partial charge in [-0.15, -0.1) is 0 Å². The highest BCUT2D eigenvalue weighted by molar-refractivity contribution is 6.39. The number of piperazine rings is 1. The fourth-order valence-electron chi connectivity index (χ4n) is 3.51. The molecule has 0 aliphatic carbocycles. The maximum Gasteiger partial charge on any atom is 0.313 e. The van der Waals surface area contributed by atoms with Crippen LogP contribution in [-0.2, 0) is 9.59 Å². The molecule has 0 spiro atoms. The van der Waals surface area contributed by atoms with E-state index in [4.69, 9.17) is 4.74 Å². The number of aryl methyl sites for hydroxylation is 1. The van der Waals surface area contributed by atoms with Crippen LogP contribution in [0.15, 0.2) is 48.5 Å². The van der Waals surface area contributed by atoms with E-state index >= 15 is 0 Å². The quantitative estimate of drug-likeness (QED) is 0.541. The summed E-state index contributed by atoms with van der Waals surface area (Å²) in [5.41, 5.74) is 2.85. The molecular formula is C23H30N4O3. The maximum atomic E-state index is 12.0. The average molecular weight is 411 g/mol. The van der Waals surface area contributed by atoms with Gasteiger partial charge in [0, 0.05) is 38.4 Å². The first-order chi connectivity index (χ1) is 14.6. The number of para-hydroxylation sites is 2. The first-order valence-corrected chi connectivity index (χ1v) is 10.3. The van der Waals surface area contributed by atoms with Gasteiger partial charge in [-0.25, -0.2) is 0 Å². The minimum absolute atomic E-state index is 0.479. The zero-order valence-corrected chi connectivity index (χ0v) is 17.7. The predicted molar refractivity (Wildman–Crippen MR) is 119 cm³/mol. The Bertz CT molecular complexity index is 846. The highest BCUT2D eigenvalue weighted by Crippen LogP contribution is 2.28. The molecule has 1 saturated heterocycles. The predicted octanol–water partition coefficient (Wildman–Crippen LogP) is 2.27. The second kappa shape index (κ2) is 10.6. The van der Waals surface area contributed by atoms with Crippen molar-refractivity contribution in [2.24, 2.45) is 0 Å². The highest BCUT2D eigenvalue weighted by atomic mass is 16.5. The Morgan fingerprint density at radius 3 is 2.37 bits per heavy atom. The molecule has 2 aromatic carbocycles. The van der Waals surface area contributed by atoms with Gasteiger partial charge < -0.3 is 20.3 Å². The number of hydrogen-bond donors (Lipinski definition) is 2. The Labute approximate surface area is 178 Å². The highest BCUT2D eigenvalue weighted by Gasteiger charge is 2.19. The van der Waals surface area contributed by atoms with Crippen LogP contribution in [0.5, 0.6) is 5.75 Å². The van der Waals surface area contributed by atoms with Crippen LogP contribution in [0.3, 0.4) is 0 Å². The van der Waals surface area contributed by atoms with E-state index in [0.29, 0.717) is 12.2 Å². The molecule has 1 heterocycles.